The van der Waals surface area contributed by atoms with E-state index in [4.69, 9.17) is 4.42 Å². The van der Waals surface area contributed by atoms with Crippen LogP contribution in [0, 0.1) is 5.92 Å². The fourth-order valence-electron chi connectivity index (χ4n) is 1.70. The van der Waals surface area contributed by atoms with Crippen LogP contribution in [0.25, 0.3) is 0 Å². The van der Waals surface area contributed by atoms with Gasteiger partial charge in [0.05, 0.1) is 6.26 Å². The third-order valence-corrected chi connectivity index (χ3v) is 2.99. The van der Waals surface area contributed by atoms with Gasteiger partial charge in [-0.05, 0) is 37.3 Å². The third-order valence-electron chi connectivity index (χ3n) is 2.99. The highest BCUT2D eigenvalue weighted by Gasteiger charge is 2.20. The molecule has 1 heterocycles. The monoisotopic (exact) mass is 377 g/mol. The lowest BCUT2D eigenvalue weighted by Crippen LogP contribution is -2.39. The van der Waals surface area contributed by atoms with Crippen molar-refractivity contribution < 1.29 is 4.42 Å². The summed E-state index contributed by atoms with van der Waals surface area (Å²) in [6.07, 6.45) is 6.41. The highest BCUT2D eigenvalue weighted by molar-refractivity contribution is 14.0. The molecule has 2 rings (SSSR count). The van der Waals surface area contributed by atoms with E-state index in [-0.39, 0.29) is 24.0 Å². The molecule has 2 N–H and O–H groups in total. The summed E-state index contributed by atoms with van der Waals surface area (Å²) >= 11 is 0. The molecular weight excluding hydrogens is 353 g/mol. The fraction of sp³-hybridized carbons (Fsp3) is 0.643. The second kappa shape index (κ2) is 9.23. The Balaban J connectivity index is 0.00000180. The summed E-state index contributed by atoms with van der Waals surface area (Å²) in [5, 5.41) is 6.70. The maximum absolute atomic E-state index is 5.30. The van der Waals surface area contributed by atoms with Gasteiger partial charge in [0.2, 0.25) is 0 Å². The van der Waals surface area contributed by atoms with Crippen LogP contribution >= 0.6 is 24.0 Å². The molecule has 1 aromatic rings. The molecule has 1 aliphatic rings. The SMILES string of the molecule is CCCNC(=NCC1CC1)NCCc1ccco1.I. The molecule has 19 heavy (non-hydrogen) atoms. The standard InChI is InChI=1S/C14H23N3O.HI/c1-2-8-15-14(17-11-12-5-6-12)16-9-7-13-4-3-10-18-13;/h3-4,10,12H,2,5-9,11H2,1H3,(H2,15,16,17);1H. The zero-order valence-electron chi connectivity index (χ0n) is 11.5. The van der Waals surface area contributed by atoms with Crippen LogP contribution in [0.1, 0.15) is 31.9 Å². The second-order valence-electron chi connectivity index (χ2n) is 4.82. The van der Waals surface area contributed by atoms with Crippen LogP contribution in [-0.2, 0) is 6.42 Å². The van der Waals surface area contributed by atoms with E-state index in [9.17, 15) is 0 Å². The molecule has 0 aliphatic heterocycles. The van der Waals surface area contributed by atoms with E-state index >= 15 is 0 Å². The van der Waals surface area contributed by atoms with Gasteiger partial charge in [-0.3, -0.25) is 4.99 Å². The molecule has 0 unspecified atom stereocenters. The maximum Gasteiger partial charge on any atom is 0.191 e. The van der Waals surface area contributed by atoms with Crippen molar-refractivity contribution in [3.05, 3.63) is 24.2 Å². The van der Waals surface area contributed by atoms with Crippen LogP contribution in [0.4, 0.5) is 0 Å². The zero-order valence-corrected chi connectivity index (χ0v) is 13.9. The summed E-state index contributed by atoms with van der Waals surface area (Å²) in [6, 6.07) is 3.93. The largest absolute Gasteiger partial charge is 0.469 e. The minimum absolute atomic E-state index is 0. The molecular formula is C14H24IN3O. The number of nitrogens with zero attached hydrogens (tertiary/aromatic N) is 1. The number of furan rings is 1. The summed E-state index contributed by atoms with van der Waals surface area (Å²) in [5.74, 6) is 2.78. The first-order valence-corrected chi connectivity index (χ1v) is 6.93. The summed E-state index contributed by atoms with van der Waals surface area (Å²) in [7, 11) is 0. The van der Waals surface area contributed by atoms with Crippen LogP contribution in [0.2, 0.25) is 0 Å². The molecule has 0 spiro atoms. The number of aliphatic imine (C=N–C) groups is 1. The van der Waals surface area contributed by atoms with Gasteiger partial charge in [0.25, 0.3) is 0 Å². The molecule has 0 amide bonds. The van der Waals surface area contributed by atoms with E-state index < -0.39 is 0 Å². The van der Waals surface area contributed by atoms with E-state index in [2.05, 4.69) is 22.5 Å². The van der Waals surface area contributed by atoms with Crippen molar-refractivity contribution in [3.63, 3.8) is 0 Å². The molecule has 0 bridgehead atoms. The van der Waals surface area contributed by atoms with Gasteiger partial charge in [0, 0.05) is 26.1 Å². The predicted molar refractivity (Wildman–Crippen MR) is 89.1 cm³/mol. The Morgan fingerprint density at radius 2 is 2.16 bits per heavy atom. The van der Waals surface area contributed by atoms with Crippen LogP contribution in [0.3, 0.4) is 0 Å². The lowest BCUT2D eigenvalue weighted by molar-refractivity contribution is 0.506. The van der Waals surface area contributed by atoms with Crippen LogP contribution in [0.5, 0.6) is 0 Å². The third kappa shape index (κ3) is 6.84. The normalized spacial score (nSPS) is 14.9. The molecule has 1 saturated carbocycles. The van der Waals surface area contributed by atoms with Gasteiger partial charge < -0.3 is 15.1 Å². The van der Waals surface area contributed by atoms with Crippen molar-refractivity contribution in [1.82, 2.24) is 10.6 Å². The molecule has 0 aromatic carbocycles. The summed E-state index contributed by atoms with van der Waals surface area (Å²) in [6.45, 7) is 4.94. The minimum atomic E-state index is 0. The molecule has 4 nitrogen and oxygen atoms in total. The van der Waals surface area contributed by atoms with Crippen molar-refractivity contribution in [2.24, 2.45) is 10.9 Å². The average Bonchev–Trinajstić information content (AvgIpc) is 3.07. The van der Waals surface area contributed by atoms with E-state index in [1.165, 1.54) is 12.8 Å². The van der Waals surface area contributed by atoms with Gasteiger partial charge in [-0.25, -0.2) is 0 Å². The number of hydrogen-bond donors (Lipinski definition) is 2. The first kappa shape index (κ1) is 16.3. The summed E-state index contributed by atoms with van der Waals surface area (Å²) in [4.78, 5) is 4.61. The van der Waals surface area contributed by atoms with Gasteiger partial charge in [0.1, 0.15) is 5.76 Å². The highest BCUT2D eigenvalue weighted by Crippen LogP contribution is 2.28. The van der Waals surface area contributed by atoms with Crippen LogP contribution < -0.4 is 10.6 Å². The van der Waals surface area contributed by atoms with Crippen molar-refractivity contribution >= 4 is 29.9 Å². The summed E-state index contributed by atoms with van der Waals surface area (Å²) in [5.41, 5.74) is 0. The van der Waals surface area contributed by atoms with E-state index in [1.54, 1.807) is 6.26 Å². The Morgan fingerprint density at radius 1 is 1.37 bits per heavy atom. The van der Waals surface area contributed by atoms with Gasteiger partial charge in [-0.15, -0.1) is 24.0 Å². The van der Waals surface area contributed by atoms with Gasteiger partial charge in [-0.2, -0.15) is 0 Å². The van der Waals surface area contributed by atoms with E-state index in [1.807, 2.05) is 12.1 Å². The van der Waals surface area contributed by atoms with Crippen LogP contribution in [0.15, 0.2) is 27.8 Å². The molecule has 0 saturated heterocycles. The molecule has 5 heteroatoms. The number of rotatable bonds is 7. The Labute approximate surface area is 132 Å². The quantitative estimate of drug-likeness (QED) is 0.437. The summed E-state index contributed by atoms with van der Waals surface area (Å²) < 4.78 is 5.30. The first-order valence-electron chi connectivity index (χ1n) is 6.93. The molecule has 0 atom stereocenters. The number of halogens is 1. The molecule has 0 radical (unpaired) electrons. The first-order chi connectivity index (χ1) is 8.88. The zero-order chi connectivity index (χ0) is 12.6. The molecule has 108 valence electrons. The molecule has 1 fully saturated rings. The van der Waals surface area contributed by atoms with Crippen molar-refractivity contribution in [2.45, 2.75) is 32.6 Å². The van der Waals surface area contributed by atoms with Crippen LogP contribution in [-0.4, -0.2) is 25.6 Å². The minimum Gasteiger partial charge on any atom is -0.469 e. The van der Waals surface area contributed by atoms with Crippen molar-refractivity contribution in [3.8, 4) is 0 Å². The van der Waals surface area contributed by atoms with Gasteiger partial charge in [0.15, 0.2) is 5.96 Å². The van der Waals surface area contributed by atoms with E-state index in [0.29, 0.717) is 0 Å². The number of nitrogens with one attached hydrogen (secondary N) is 2. The Kier molecular flexibility index (Phi) is 7.93. The van der Waals surface area contributed by atoms with Crippen molar-refractivity contribution in [1.29, 1.82) is 0 Å². The topological polar surface area (TPSA) is 49.6 Å². The number of hydrogen-bond acceptors (Lipinski definition) is 2. The van der Waals surface area contributed by atoms with Gasteiger partial charge in [-0.1, -0.05) is 6.92 Å². The Bertz CT molecular complexity index is 361. The molecule has 1 aromatic heterocycles. The number of guanidine groups is 1. The predicted octanol–water partition coefficient (Wildman–Crippen LogP) is 2.80. The maximum atomic E-state index is 5.30. The van der Waals surface area contributed by atoms with Crippen molar-refractivity contribution in [2.75, 3.05) is 19.6 Å². The average molecular weight is 377 g/mol. The lowest BCUT2D eigenvalue weighted by atomic mass is 10.3. The Morgan fingerprint density at radius 3 is 2.79 bits per heavy atom. The highest BCUT2D eigenvalue weighted by atomic mass is 127. The van der Waals surface area contributed by atoms with E-state index in [0.717, 1.165) is 50.1 Å². The smallest absolute Gasteiger partial charge is 0.191 e. The fourth-order valence-corrected chi connectivity index (χ4v) is 1.70. The van der Waals surface area contributed by atoms with Gasteiger partial charge >= 0.3 is 0 Å². The Hall–Kier alpha value is -0.720. The lowest BCUT2D eigenvalue weighted by Gasteiger charge is -2.11. The molecule has 1 aliphatic carbocycles. The second-order valence-corrected chi connectivity index (χ2v) is 4.82.